The third-order valence-corrected chi connectivity index (χ3v) is 7.05. The van der Waals surface area contributed by atoms with Crippen molar-refractivity contribution in [2.24, 2.45) is 0 Å². The number of nitriles is 1. The zero-order valence-corrected chi connectivity index (χ0v) is 23.3. The van der Waals surface area contributed by atoms with Crippen LogP contribution < -0.4 is 4.74 Å². The SMILES string of the molecule is COCCn1c(Cc2cc(F)c(-c3cccc(OCc4ccc(C#N)cc4F)n3)cc2Cl)nc2c(F)cc(C(=O)O)cc21. The van der Waals surface area contributed by atoms with Gasteiger partial charge in [-0.25, -0.2) is 27.9 Å². The van der Waals surface area contributed by atoms with Gasteiger partial charge in [0.15, 0.2) is 5.82 Å². The molecule has 12 heteroatoms. The topological polar surface area (TPSA) is 110 Å². The molecule has 0 atom stereocenters. The maximum absolute atomic E-state index is 15.5. The van der Waals surface area contributed by atoms with Crippen molar-refractivity contribution in [3.8, 4) is 23.2 Å². The zero-order valence-electron chi connectivity index (χ0n) is 22.6. The van der Waals surface area contributed by atoms with Crippen molar-refractivity contribution in [2.75, 3.05) is 13.7 Å². The van der Waals surface area contributed by atoms with Gasteiger partial charge in [0, 0.05) is 42.3 Å². The highest BCUT2D eigenvalue weighted by molar-refractivity contribution is 6.31. The molecule has 0 aliphatic carbocycles. The number of pyridine rings is 1. The van der Waals surface area contributed by atoms with Gasteiger partial charge in [-0.15, -0.1) is 0 Å². The van der Waals surface area contributed by atoms with Crippen LogP contribution in [0.5, 0.6) is 5.88 Å². The van der Waals surface area contributed by atoms with Gasteiger partial charge in [0.2, 0.25) is 5.88 Å². The average molecular weight is 607 g/mol. The number of halogens is 4. The summed E-state index contributed by atoms with van der Waals surface area (Å²) in [5.74, 6) is -2.85. The highest BCUT2D eigenvalue weighted by Gasteiger charge is 2.20. The van der Waals surface area contributed by atoms with E-state index in [2.05, 4.69) is 9.97 Å². The molecule has 0 aliphatic heterocycles. The Hall–Kier alpha value is -4.92. The molecule has 0 amide bonds. The molecule has 43 heavy (non-hydrogen) atoms. The van der Waals surface area contributed by atoms with Crippen molar-refractivity contribution in [2.45, 2.75) is 19.6 Å². The van der Waals surface area contributed by atoms with Crippen LogP contribution in [0.2, 0.25) is 5.02 Å². The van der Waals surface area contributed by atoms with Crippen molar-refractivity contribution in [1.82, 2.24) is 14.5 Å². The van der Waals surface area contributed by atoms with Gasteiger partial charge in [-0.05, 0) is 48.0 Å². The Morgan fingerprint density at radius 3 is 2.56 bits per heavy atom. The first-order chi connectivity index (χ1) is 20.7. The van der Waals surface area contributed by atoms with Crippen LogP contribution in [-0.2, 0) is 24.3 Å². The minimum Gasteiger partial charge on any atom is -0.478 e. The van der Waals surface area contributed by atoms with Crippen LogP contribution in [-0.4, -0.2) is 39.3 Å². The van der Waals surface area contributed by atoms with Crippen LogP contribution in [0.4, 0.5) is 13.2 Å². The number of nitrogens with zero attached hydrogens (tertiary/aromatic N) is 4. The van der Waals surface area contributed by atoms with Crippen molar-refractivity contribution in [3.05, 3.63) is 111 Å². The molecule has 0 unspecified atom stereocenters. The first kappa shape index (κ1) is 29.6. The number of benzene rings is 3. The van der Waals surface area contributed by atoms with Crippen molar-refractivity contribution >= 4 is 28.6 Å². The Morgan fingerprint density at radius 1 is 1.02 bits per heavy atom. The minimum atomic E-state index is -1.29. The maximum atomic E-state index is 15.5. The normalized spacial score (nSPS) is 11.1. The number of carboxylic acid groups (broad SMARTS) is 1. The second-order valence-corrected chi connectivity index (χ2v) is 9.88. The number of carbonyl (C=O) groups is 1. The molecule has 2 aromatic heterocycles. The van der Waals surface area contributed by atoms with Gasteiger partial charge in [-0.1, -0.05) is 23.7 Å². The molecule has 0 aliphatic rings. The highest BCUT2D eigenvalue weighted by atomic mass is 35.5. The Balaban J connectivity index is 1.42. The molecule has 8 nitrogen and oxygen atoms in total. The Kier molecular flexibility index (Phi) is 8.61. The van der Waals surface area contributed by atoms with Gasteiger partial charge in [-0.3, -0.25) is 0 Å². The third kappa shape index (κ3) is 6.30. The fraction of sp³-hybridized carbons (Fsp3) is 0.161. The molecule has 0 fully saturated rings. The second-order valence-electron chi connectivity index (χ2n) is 9.47. The van der Waals surface area contributed by atoms with E-state index in [9.17, 15) is 18.7 Å². The van der Waals surface area contributed by atoms with E-state index >= 15 is 4.39 Å². The van der Waals surface area contributed by atoms with Crippen molar-refractivity contribution < 1.29 is 32.5 Å². The van der Waals surface area contributed by atoms with Crippen LogP contribution in [0.1, 0.15) is 32.9 Å². The van der Waals surface area contributed by atoms with Gasteiger partial charge in [0.1, 0.15) is 29.6 Å². The predicted octanol–water partition coefficient (Wildman–Crippen LogP) is 6.56. The molecule has 5 rings (SSSR count). The Morgan fingerprint density at radius 2 is 1.84 bits per heavy atom. The number of aromatic nitrogens is 3. The van der Waals surface area contributed by atoms with Crippen molar-refractivity contribution in [3.63, 3.8) is 0 Å². The summed E-state index contributed by atoms with van der Waals surface area (Å²) >= 11 is 6.57. The summed E-state index contributed by atoms with van der Waals surface area (Å²) in [6, 6.07) is 15.5. The first-order valence-electron chi connectivity index (χ1n) is 12.9. The van der Waals surface area contributed by atoms with Crippen LogP contribution in [0.25, 0.3) is 22.3 Å². The Bertz CT molecular complexity index is 1910. The van der Waals surface area contributed by atoms with E-state index in [1.54, 1.807) is 22.8 Å². The van der Waals surface area contributed by atoms with Crippen LogP contribution in [0, 0.1) is 28.8 Å². The van der Waals surface area contributed by atoms with Crippen LogP contribution in [0.15, 0.2) is 60.7 Å². The zero-order chi connectivity index (χ0) is 30.7. The van der Waals surface area contributed by atoms with Crippen LogP contribution in [0.3, 0.4) is 0 Å². The molecular weight excluding hydrogens is 585 g/mol. The van der Waals surface area contributed by atoms with E-state index in [0.717, 1.165) is 12.1 Å². The number of methoxy groups -OCH3 is 1. The predicted molar refractivity (Wildman–Crippen MR) is 151 cm³/mol. The lowest BCUT2D eigenvalue weighted by molar-refractivity contribution is 0.0696. The lowest BCUT2D eigenvalue weighted by atomic mass is 10.0. The van der Waals surface area contributed by atoms with E-state index in [0.29, 0.717) is 11.4 Å². The molecule has 0 bridgehead atoms. The molecule has 0 saturated carbocycles. The molecule has 5 aromatic rings. The molecule has 0 spiro atoms. The standard InChI is InChI=1S/C31H22ClF3N4O4/c1-42-8-7-39-27-12-20(31(40)41)11-25(35)30(27)38-28(39)13-19-10-24(34)21(14-22(19)32)26-3-2-4-29(37-26)43-16-18-6-5-17(15-36)9-23(18)33/h2-6,9-12,14H,7-8,13,16H2,1H3,(H,40,41). The molecular formula is C31H22ClF3N4O4. The van der Waals surface area contributed by atoms with Gasteiger partial charge >= 0.3 is 5.97 Å². The summed E-state index contributed by atoms with van der Waals surface area (Å²) in [5, 5.41) is 18.5. The smallest absolute Gasteiger partial charge is 0.335 e. The van der Waals surface area contributed by atoms with E-state index in [-0.39, 0.29) is 76.1 Å². The maximum Gasteiger partial charge on any atom is 0.335 e. The number of hydrogen-bond donors (Lipinski definition) is 1. The molecule has 2 heterocycles. The summed E-state index contributed by atoms with van der Waals surface area (Å²) < 4.78 is 56.8. The largest absolute Gasteiger partial charge is 0.478 e. The van der Waals surface area contributed by atoms with E-state index < -0.39 is 23.4 Å². The summed E-state index contributed by atoms with van der Waals surface area (Å²) in [6.45, 7) is 0.321. The molecule has 1 N–H and O–H groups in total. The Labute approximate surface area is 248 Å². The molecule has 3 aromatic carbocycles. The second kappa shape index (κ2) is 12.5. The summed E-state index contributed by atoms with van der Waals surface area (Å²) in [7, 11) is 1.49. The number of ether oxygens (including phenoxy) is 2. The van der Waals surface area contributed by atoms with Gasteiger partial charge in [0.25, 0.3) is 0 Å². The summed E-state index contributed by atoms with van der Waals surface area (Å²) in [6.07, 6.45) is 0.0169. The number of hydrogen-bond acceptors (Lipinski definition) is 6. The van der Waals surface area contributed by atoms with Crippen molar-refractivity contribution in [1.29, 1.82) is 5.26 Å². The lowest BCUT2D eigenvalue weighted by Crippen LogP contribution is -2.10. The van der Waals surface area contributed by atoms with E-state index in [1.807, 2.05) is 6.07 Å². The number of aromatic carboxylic acids is 1. The van der Waals surface area contributed by atoms with E-state index in [1.165, 1.54) is 37.4 Å². The van der Waals surface area contributed by atoms with Gasteiger partial charge in [0.05, 0.1) is 35.0 Å². The summed E-state index contributed by atoms with van der Waals surface area (Å²) in [5.41, 5.74) is 1.09. The number of carboxylic acids is 1. The quantitative estimate of drug-likeness (QED) is 0.192. The van der Waals surface area contributed by atoms with Gasteiger partial charge < -0.3 is 19.1 Å². The number of imidazole rings is 1. The summed E-state index contributed by atoms with van der Waals surface area (Å²) in [4.78, 5) is 20.2. The lowest BCUT2D eigenvalue weighted by Gasteiger charge is -2.12. The third-order valence-electron chi connectivity index (χ3n) is 6.69. The fourth-order valence-corrected chi connectivity index (χ4v) is 4.77. The first-order valence-corrected chi connectivity index (χ1v) is 13.2. The number of rotatable bonds is 10. The van der Waals surface area contributed by atoms with Crippen LogP contribution >= 0.6 is 11.6 Å². The highest BCUT2D eigenvalue weighted by Crippen LogP contribution is 2.31. The monoisotopic (exact) mass is 606 g/mol. The van der Waals surface area contributed by atoms with E-state index in [4.69, 9.17) is 26.3 Å². The minimum absolute atomic E-state index is 0.0169. The molecule has 0 saturated heterocycles. The number of fused-ring (bicyclic) bond motifs is 1. The average Bonchev–Trinajstić information content (AvgIpc) is 3.34. The molecule has 0 radical (unpaired) electrons. The van der Waals surface area contributed by atoms with Gasteiger partial charge in [-0.2, -0.15) is 5.26 Å². The molecule has 218 valence electrons. The fourth-order valence-electron chi connectivity index (χ4n) is 4.54.